The summed E-state index contributed by atoms with van der Waals surface area (Å²) in [6.45, 7) is 3.95. The molecule has 1 aliphatic rings. The summed E-state index contributed by atoms with van der Waals surface area (Å²) >= 11 is 0. The van der Waals surface area contributed by atoms with Gasteiger partial charge in [-0.1, -0.05) is 54.6 Å². The SMILES string of the molecule is COC(=O)N(C)[C@H]1CC[C@H](CC(=O)Nc2cc(-c3ccccc3)c(-c3ccc(C(C)(C)N)cc3)nn2)CC1. The van der Waals surface area contributed by atoms with Gasteiger partial charge in [-0.15, -0.1) is 10.2 Å². The molecule has 1 aromatic heterocycles. The molecule has 0 aliphatic heterocycles. The quantitative estimate of drug-likeness (QED) is 0.424. The molecule has 2 aromatic carbocycles. The van der Waals surface area contributed by atoms with E-state index in [1.807, 2.05) is 74.5 Å². The second kappa shape index (κ2) is 11.7. The Kier molecular flexibility index (Phi) is 8.42. The number of amides is 2. The van der Waals surface area contributed by atoms with Crippen LogP contribution < -0.4 is 11.1 Å². The molecule has 3 aromatic rings. The van der Waals surface area contributed by atoms with Crippen LogP contribution in [0.4, 0.5) is 10.6 Å². The van der Waals surface area contributed by atoms with Crippen LogP contribution >= 0.6 is 0 Å². The first-order valence-electron chi connectivity index (χ1n) is 13.1. The van der Waals surface area contributed by atoms with Crippen molar-refractivity contribution in [2.45, 2.75) is 57.5 Å². The van der Waals surface area contributed by atoms with Gasteiger partial charge in [0.05, 0.1) is 7.11 Å². The Hall–Kier alpha value is -3.78. The highest BCUT2D eigenvalue weighted by Crippen LogP contribution is 2.33. The van der Waals surface area contributed by atoms with Gasteiger partial charge in [-0.05, 0) is 62.6 Å². The first-order chi connectivity index (χ1) is 18.2. The summed E-state index contributed by atoms with van der Waals surface area (Å²) in [4.78, 5) is 26.4. The Morgan fingerprint density at radius 1 is 1.00 bits per heavy atom. The van der Waals surface area contributed by atoms with Gasteiger partial charge >= 0.3 is 6.09 Å². The Morgan fingerprint density at radius 2 is 1.66 bits per heavy atom. The summed E-state index contributed by atoms with van der Waals surface area (Å²) in [5.74, 6) is 0.616. The van der Waals surface area contributed by atoms with E-state index in [9.17, 15) is 9.59 Å². The van der Waals surface area contributed by atoms with E-state index in [2.05, 4.69) is 15.5 Å². The van der Waals surface area contributed by atoms with Gasteiger partial charge in [0.15, 0.2) is 5.82 Å². The molecule has 1 fully saturated rings. The van der Waals surface area contributed by atoms with E-state index >= 15 is 0 Å². The second-order valence-electron chi connectivity index (χ2n) is 10.7. The van der Waals surface area contributed by atoms with Crippen molar-refractivity contribution in [2.24, 2.45) is 11.7 Å². The third-order valence-corrected chi connectivity index (χ3v) is 7.35. The van der Waals surface area contributed by atoms with Crippen molar-refractivity contribution >= 4 is 17.8 Å². The minimum atomic E-state index is -0.433. The van der Waals surface area contributed by atoms with Crippen molar-refractivity contribution in [3.8, 4) is 22.4 Å². The number of methoxy groups -OCH3 is 1. The molecule has 0 radical (unpaired) electrons. The largest absolute Gasteiger partial charge is 0.453 e. The minimum absolute atomic E-state index is 0.0784. The molecule has 0 atom stereocenters. The van der Waals surface area contributed by atoms with Gasteiger partial charge in [-0.25, -0.2) is 4.79 Å². The topological polar surface area (TPSA) is 110 Å². The monoisotopic (exact) mass is 515 g/mol. The van der Waals surface area contributed by atoms with Crippen molar-refractivity contribution in [3.05, 3.63) is 66.2 Å². The van der Waals surface area contributed by atoms with Gasteiger partial charge in [0, 0.05) is 36.2 Å². The number of hydrogen-bond donors (Lipinski definition) is 2. The number of nitrogens with one attached hydrogen (secondary N) is 1. The fourth-order valence-corrected chi connectivity index (χ4v) is 5.05. The van der Waals surface area contributed by atoms with Crippen LogP contribution in [0.15, 0.2) is 60.7 Å². The first-order valence-corrected chi connectivity index (χ1v) is 13.1. The number of carbonyl (C=O) groups is 2. The molecule has 1 saturated carbocycles. The maximum absolute atomic E-state index is 12.9. The zero-order valence-corrected chi connectivity index (χ0v) is 22.6. The molecular formula is C30H37N5O3. The summed E-state index contributed by atoms with van der Waals surface area (Å²) in [5.41, 5.74) is 10.4. The number of hydrogen-bond acceptors (Lipinski definition) is 6. The third-order valence-electron chi connectivity index (χ3n) is 7.35. The Bertz CT molecular complexity index is 1250. The third kappa shape index (κ3) is 6.55. The molecule has 0 spiro atoms. The zero-order chi connectivity index (χ0) is 27.3. The van der Waals surface area contributed by atoms with Gasteiger partial charge in [0.1, 0.15) is 5.69 Å². The molecular weight excluding hydrogens is 478 g/mol. The average Bonchev–Trinajstić information content (AvgIpc) is 2.92. The molecule has 200 valence electrons. The van der Waals surface area contributed by atoms with Crippen LogP contribution in [-0.4, -0.2) is 47.3 Å². The van der Waals surface area contributed by atoms with E-state index in [0.29, 0.717) is 12.2 Å². The number of ether oxygens (including phenoxy) is 1. The lowest BCUT2D eigenvalue weighted by molar-refractivity contribution is -0.117. The van der Waals surface area contributed by atoms with E-state index in [1.165, 1.54) is 7.11 Å². The Morgan fingerprint density at radius 3 is 2.26 bits per heavy atom. The molecule has 1 aliphatic carbocycles. The first kappa shape index (κ1) is 27.3. The predicted molar refractivity (Wildman–Crippen MR) is 149 cm³/mol. The standard InChI is InChI=1S/C30H37N5O3/c1-30(2,31)23-14-12-22(13-15-23)28-25(21-8-6-5-7-9-21)19-26(33-34-28)32-27(36)18-20-10-16-24(17-11-20)35(3)29(37)38-4/h5-9,12-15,19-20,24H,10-11,16-18,31H2,1-4H3,(H,32,33,36)/t20-,24-. The highest BCUT2D eigenvalue weighted by molar-refractivity contribution is 5.91. The van der Waals surface area contributed by atoms with Crippen LogP contribution in [0.5, 0.6) is 0 Å². The van der Waals surface area contributed by atoms with E-state index in [4.69, 9.17) is 10.5 Å². The van der Waals surface area contributed by atoms with Crippen LogP contribution in [0, 0.1) is 5.92 Å². The van der Waals surface area contributed by atoms with Crippen molar-refractivity contribution in [3.63, 3.8) is 0 Å². The number of benzene rings is 2. The van der Waals surface area contributed by atoms with E-state index in [-0.39, 0.29) is 24.0 Å². The average molecular weight is 516 g/mol. The molecule has 4 rings (SSSR count). The number of carbonyl (C=O) groups excluding carboxylic acids is 2. The van der Waals surface area contributed by atoms with Crippen molar-refractivity contribution < 1.29 is 14.3 Å². The van der Waals surface area contributed by atoms with Crippen LogP contribution in [0.1, 0.15) is 51.5 Å². The van der Waals surface area contributed by atoms with Crippen molar-refractivity contribution in [1.82, 2.24) is 15.1 Å². The lowest BCUT2D eigenvalue weighted by Gasteiger charge is -2.33. The van der Waals surface area contributed by atoms with Crippen LogP contribution in [0.25, 0.3) is 22.4 Å². The number of anilines is 1. The van der Waals surface area contributed by atoms with E-state index in [1.54, 1.807) is 11.9 Å². The molecule has 8 heteroatoms. The molecule has 2 amide bonds. The molecule has 38 heavy (non-hydrogen) atoms. The van der Waals surface area contributed by atoms with E-state index in [0.717, 1.165) is 53.6 Å². The zero-order valence-electron chi connectivity index (χ0n) is 22.6. The summed E-state index contributed by atoms with van der Waals surface area (Å²) in [7, 11) is 3.16. The summed E-state index contributed by atoms with van der Waals surface area (Å²) in [6.07, 6.45) is 3.58. The lowest BCUT2D eigenvalue weighted by atomic mass is 9.83. The minimum Gasteiger partial charge on any atom is -0.453 e. The van der Waals surface area contributed by atoms with Crippen LogP contribution in [0.3, 0.4) is 0 Å². The lowest BCUT2D eigenvalue weighted by Crippen LogP contribution is -2.39. The normalized spacial score (nSPS) is 17.5. The summed E-state index contributed by atoms with van der Waals surface area (Å²) in [5, 5.41) is 11.8. The molecule has 1 heterocycles. The molecule has 8 nitrogen and oxygen atoms in total. The van der Waals surface area contributed by atoms with Gasteiger partial charge in [0.2, 0.25) is 5.91 Å². The van der Waals surface area contributed by atoms with Crippen molar-refractivity contribution in [1.29, 1.82) is 0 Å². The maximum atomic E-state index is 12.9. The van der Waals surface area contributed by atoms with Crippen molar-refractivity contribution in [2.75, 3.05) is 19.5 Å². The number of nitrogens with two attached hydrogens (primary N) is 1. The van der Waals surface area contributed by atoms with E-state index < -0.39 is 5.54 Å². The smallest absolute Gasteiger partial charge is 0.409 e. The maximum Gasteiger partial charge on any atom is 0.409 e. The van der Waals surface area contributed by atoms with Gasteiger partial charge < -0.3 is 20.7 Å². The highest BCUT2D eigenvalue weighted by atomic mass is 16.5. The molecule has 0 unspecified atom stereocenters. The predicted octanol–water partition coefficient (Wildman–Crippen LogP) is 5.59. The Labute approximate surface area is 224 Å². The fourth-order valence-electron chi connectivity index (χ4n) is 5.05. The molecule has 0 saturated heterocycles. The van der Waals surface area contributed by atoms with Gasteiger partial charge in [0.25, 0.3) is 0 Å². The second-order valence-corrected chi connectivity index (χ2v) is 10.7. The van der Waals surface area contributed by atoms with Crippen LogP contribution in [0.2, 0.25) is 0 Å². The van der Waals surface area contributed by atoms with Crippen LogP contribution in [-0.2, 0) is 15.1 Å². The van der Waals surface area contributed by atoms with Gasteiger partial charge in [-0.2, -0.15) is 0 Å². The number of nitrogens with zero attached hydrogens (tertiary/aromatic N) is 3. The summed E-state index contributed by atoms with van der Waals surface area (Å²) < 4.78 is 4.82. The number of aromatic nitrogens is 2. The molecule has 0 bridgehead atoms. The fraction of sp³-hybridized carbons (Fsp3) is 0.400. The molecule has 3 N–H and O–H groups in total. The highest BCUT2D eigenvalue weighted by Gasteiger charge is 2.28. The Balaban J connectivity index is 1.47. The number of rotatable bonds is 7. The summed E-state index contributed by atoms with van der Waals surface area (Å²) in [6, 6.07) is 20.0. The van der Waals surface area contributed by atoms with Gasteiger partial charge in [-0.3, -0.25) is 4.79 Å².